The smallest absolute Gasteiger partial charge is 0.317 e. The fourth-order valence-corrected chi connectivity index (χ4v) is 4.16. The van der Waals surface area contributed by atoms with Gasteiger partial charge < -0.3 is 15.0 Å². The minimum absolute atomic E-state index is 0.00686. The van der Waals surface area contributed by atoms with Gasteiger partial charge in [-0.15, -0.1) is 0 Å². The number of hydrogen-bond donors (Lipinski definition) is 1. The summed E-state index contributed by atoms with van der Waals surface area (Å²) in [6.07, 6.45) is 8.87. The Bertz CT molecular complexity index is 584. The van der Waals surface area contributed by atoms with Crippen LogP contribution in [-0.4, -0.2) is 53.1 Å². The molecule has 1 aliphatic carbocycles. The zero-order valence-corrected chi connectivity index (χ0v) is 15.8. The number of carbonyl (C=O) groups excluding carboxylic acids is 1. The third-order valence-corrected chi connectivity index (χ3v) is 5.43. The number of nitrogens with zero attached hydrogens (tertiary/aromatic N) is 3. The van der Waals surface area contributed by atoms with Gasteiger partial charge in [0.05, 0.1) is 32.0 Å². The number of amides is 2. The summed E-state index contributed by atoms with van der Waals surface area (Å²) in [5.74, 6) is 0.608. The van der Waals surface area contributed by atoms with Crippen molar-refractivity contribution in [2.75, 3.05) is 26.2 Å². The van der Waals surface area contributed by atoms with Gasteiger partial charge in [-0.05, 0) is 43.1 Å². The van der Waals surface area contributed by atoms with Gasteiger partial charge in [0.25, 0.3) is 0 Å². The molecule has 3 rings (SSSR count). The molecule has 2 fully saturated rings. The van der Waals surface area contributed by atoms with E-state index in [9.17, 15) is 4.79 Å². The van der Waals surface area contributed by atoms with E-state index in [1.54, 1.807) is 0 Å². The van der Waals surface area contributed by atoms with Gasteiger partial charge in [0, 0.05) is 19.3 Å². The molecular weight excluding hydrogens is 316 g/mol. The van der Waals surface area contributed by atoms with Crippen LogP contribution in [0.4, 0.5) is 4.79 Å². The van der Waals surface area contributed by atoms with Crippen molar-refractivity contribution in [3.63, 3.8) is 0 Å². The molecule has 1 saturated carbocycles. The van der Waals surface area contributed by atoms with Crippen LogP contribution in [0.15, 0.2) is 12.4 Å². The van der Waals surface area contributed by atoms with Crippen molar-refractivity contribution in [1.82, 2.24) is 20.0 Å². The summed E-state index contributed by atoms with van der Waals surface area (Å²) < 4.78 is 7.71. The standard InChI is InChI=1S/C19H32N4O2/c1-15-10-21-23(12-15)14-17-13-22(7-8-25-17)18(24)20-11-16-5-4-6-19(2,3)9-16/h10,12,16-17H,4-9,11,13-14H2,1-3H3,(H,20,24). The summed E-state index contributed by atoms with van der Waals surface area (Å²) in [6.45, 7) is 10.1. The topological polar surface area (TPSA) is 59.4 Å². The molecule has 2 atom stereocenters. The van der Waals surface area contributed by atoms with Gasteiger partial charge in [0.1, 0.15) is 0 Å². The summed E-state index contributed by atoms with van der Waals surface area (Å²) in [5.41, 5.74) is 1.56. The molecule has 140 valence electrons. The summed E-state index contributed by atoms with van der Waals surface area (Å²) in [6, 6.07) is 0.0494. The van der Waals surface area contributed by atoms with Gasteiger partial charge in [-0.25, -0.2) is 4.79 Å². The second-order valence-corrected chi connectivity index (χ2v) is 8.49. The highest BCUT2D eigenvalue weighted by atomic mass is 16.5. The fraction of sp³-hybridized carbons (Fsp3) is 0.789. The molecule has 0 aromatic carbocycles. The number of hydrogen-bond acceptors (Lipinski definition) is 3. The summed E-state index contributed by atoms with van der Waals surface area (Å²) >= 11 is 0. The molecule has 1 N–H and O–H groups in total. The van der Waals surface area contributed by atoms with Gasteiger partial charge in [-0.3, -0.25) is 4.68 Å². The van der Waals surface area contributed by atoms with Gasteiger partial charge in [0.2, 0.25) is 0 Å². The molecule has 1 saturated heterocycles. The van der Waals surface area contributed by atoms with Crippen LogP contribution in [-0.2, 0) is 11.3 Å². The Morgan fingerprint density at radius 2 is 2.32 bits per heavy atom. The quantitative estimate of drug-likeness (QED) is 0.910. The second kappa shape index (κ2) is 7.77. The zero-order valence-electron chi connectivity index (χ0n) is 15.8. The third kappa shape index (κ3) is 5.21. The molecular formula is C19H32N4O2. The number of urea groups is 1. The van der Waals surface area contributed by atoms with E-state index >= 15 is 0 Å². The Morgan fingerprint density at radius 1 is 1.48 bits per heavy atom. The maximum Gasteiger partial charge on any atom is 0.317 e. The first-order valence-electron chi connectivity index (χ1n) is 9.55. The van der Waals surface area contributed by atoms with Crippen LogP contribution >= 0.6 is 0 Å². The normalized spacial score (nSPS) is 26.4. The number of morpholine rings is 1. The van der Waals surface area contributed by atoms with Crippen LogP contribution in [0.1, 0.15) is 45.1 Å². The monoisotopic (exact) mass is 348 g/mol. The molecule has 0 radical (unpaired) electrons. The predicted octanol–water partition coefficient (Wildman–Crippen LogP) is 2.82. The molecule has 6 nitrogen and oxygen atoms in total. The first-order chi connectivity index (χ1) is 11.9. The Balaban J connectivity index is 1.45. The highest BCUT2D eigenvalue weighted by Crippen LogP contribution is 2.38. The first kappa shape index (κ1) is 18.2. The molecule has 2 aliphatic rings. The van der Waals surface area contributed by atoms with Gasteiger partial charge in [0.15, 0.2) is 0 Å². The third-order valence-electron chi connectivity index (χ3n) is 5.43. The van der Waals surface area contributed by atoms with E-state index in [2.05, 4.69) is 24.3 Å². The average Bonchev–Trinajstić information content (AvgIpc) is 2.97. The van der Waals surface area contributed by atoms with Crippen molar-refractivity contribution >= 4 is 6.03 Å². The van der Waals surface area contributed by atoms with E-state index in [0.717, 1.165) is 12.1 Å². The van der Waals surface area contributed by atoms with E-state index in [-0.39, 0.29) is 12.1 Å². The van der Waals surface area contributed by atoms with Crippen molar-refractivity contribution < 1.29 is 9.53 Å². The summed E-state index contributed by atoms with van der Waals surface area (Å²) in [5, 5.41) is 7.47. The van der Waals surface area contributed by atoms with Crippen molar-refractivity contribution in [1.29, 1.82) is 0 Å². The molecule has 1 aromatic heterocycles. The zero-order chi connectivity index (χ0) is 17.9. The lowest BCUT2D eigenvalue weighted by Crippen LogP contribution is -2.51. The Hall–Kier alpha value is -1.56. The van der Waals surface area contributed by atoms with E-state index < -0.39 is 0 Å². The highest BCUT2D eigenvalue weighted by Gasteiger charge is 2.29. The maximum atomic E-state index is 12.5. The molecule has 1 aliphatic heterocycles. The van der Waals surface area contributed by atoms with E-state index in [1.165, 1.54) is 25.7 Å². The maximum absolute atomic E-state index is 12.5. The molecule has 0 bridgehead atoms. The van der Waals surface area contributed by atoms with Crippen molar-refractivity contribution in [2.45, 2.75) is 59.1 Å². The minimum atomic E-state index is 0.00686. The van der Waals surface area contributed by atoms with E-state index in [0.29, 0.717) is 37.6 Å². The summed E-state index contributed by atoms with van der Waals surface area (Å²) in [7, 11) is 0. The molecule has 6 heteroatoms. The lowest BCUT2D eigenvalue weighted by molar-refractivity contribution is -0.0239. The highest BCUT2D eigenvalue weighted by molar-refractivity contribution is 5.74. The number of carbonyl (C=O) groups is 1. The van der Waals surface area contributed by atoms with Crippen LogP contribution in [0, 0.1) is 18.3 Å². The molecule has 2 heterocycles. The average molecular weight is 348 g/mol. The second-order valence-electron chi connectivity index (χ2n) is 8.49. The Kier molecular flexibility index (Phi) is 5.67. The van der Waals surface area contributed by atoms with Gasteiger partial charge in [-0.2, -0.15) is 5.10 Å². The predicted molar refractivity (Wildman–Crippen MR) is 97.4 cm³/mol. The van der Waals surface area contributed by atoms with Crippen molar-refractivity contribution in [3.8, 4) is 0 Å². The molecule has 2 unspecified atom stereocenters. The number of ether oxygens (including phenoxy) is 1. The summed E-state index contributed by atoms with van der Waals surface area (Å²) in [4.78, 5) is 14.4. The van der Waals surface area contributed by atoms with Crippen LogP contribution < -0.4 is 5.32 Å². The minimum Gasteiger partial charge on any atom is -0.373 e. The van der Waals surface area contributed by atoms with Crippen LogP contribution in [0.2, 0.25) is 0 Å². The number of nitrogens with one attached hydrogen (secondary N) is 1. The number of aryl methyl sites for hydroxylation is 1. The largest absolute Gasteiger partial charge is 0.373 e. The number of aromatic nitrogens is 2. The van der Waals surface area contributed by atoms with Crippen molar-refractivity contribution in [2.24, 2.45) is 11.3 Å². The van der Waals surface area contributed by atoms with E-state index in [4.69, 9.17) is 4.74 Å². The number of rotatable bonds is 4. The van der Waals surface area contributed by atoms with Crippen molar-refractivity contribution in [3.05, 3.63) is 18.0 Å². The van der Waals surface area contributed by atoms with Gasteiger partial charge in [-0.1, -0.05) is 20.3 Å². The van der Waals surface area contributed by atoms with Crippen LogP contribution in [0.5, 0.6) is 0 Å². The van der Waals surface area contributed by atoms with E-state index in [1.807, 2.05) is 28.9 Å². The first-order valence-corrected chi connectivity index (χ1v) is 9.55. The Labute approximate surface area is 150 Å². The molecule has 0 spiro atoms. The lowest BCUT2D eigenvalue weighted by Gasteiger charge is -2.36. The molecule has 1 aromatic rings. The molecule has 2 amide bonds. The SMILES string of the molecule is Cc1cnn(CC2CN(C(=O)NCC3CCCC(C)(C)C3)CCO2)c1. The van der Waals surface area contributed by atoms with Gasteiger partial charge >= 0.3 is 6.03 Å². The Morgan fingerprint density at radius 3 is 3.04 bits per heavy atom. The lowest BCUT2D eigenvalue weighted by atomic mass is 9.72. The van der Waals surface area contributed by atoms with Crippen LogP contribution in [0.3, 0.4) is 0 Å². The van der Waals surface area contributed by atoms with Crippen LogP contribution in [0.25, 0.3) is 0 Å². The molecule has 25 heavy (non-hydrogen) atoms. The fourth-order valence-electron chi connectivity index (χ4n) is 4.16.